The number of anilines is 1. The van der Waals surface area contributed by atoms with Crippen LogP contribution in [-0.2, 0) is 19.6 Å². The summed E-state index contributed by atoms with van der Waals surface area (Å²) in [5.74, 6) is -0.559. The fourth-order valence-corrected chi connectivity index (χ4v) is 3.30. The minimum Gasteiger partial charge on any atom is -0.415 e. The van der Waals surface area contributed by atoms with Crippen LogP contribution in [0, 0.1) is 0 Å². The molecule has 1 aromatic heterocycles. The van der Waals surface area contributed by atoms with E-state index in [4.69, 9.17) is 4.42 Å². The Morgan fingerprint density at radius 3 is 2.46 bits per heavy atom. The van der Waals surface area contributed by atoms with Crippen LogP contribution in [0.1, 0.15) is 42.9 Å². The van der Waals surface area contributed by atoms with Gasteiger partial charge in [0.05, 0.1) is 0 Å². The average Bonchev–Trinajstić information content (AvgIpc) is 3.34. The molecule has 146 valence electrons. The van der Waals surface area contributed by atoms with E-state index in [0.717, 1.165) is 24.3 Å². The van der Waals surface area contributed by atoms with Crippen molar-refractivity contribution in [1.82, 2.24) is 15.1 Å². The molecule has 0 amide bonds. The highest BCUT2D eigenvalue weighted by molar-refractivity contribution is 5.54. The van der Waals surface area contributed by atoms with Crippen molar-refractivity contribution in [1.29, 1.82) is 0 Å². The summed E-state index contributed by atoms with van der Waals surface area (Å²) in [6.45, 7) is 7.10. The Morgan fingerprint density at radius 2 is 1.79 bits per heavy atom. The number of aromatic nitrogens is 2. The monoisotopic (exact) mass is 384 g/mol. The van der Waals surface area contributed by atoms with Gasteiger partial charge in [0.2, 0.25) is 5.89 Å². The lowest BCUT2D eigenvalue weighted by molar-refractivity contribution is 0.116. The van der Waals surface area contributed by atoms with Crippen LogP contribution in [0.5, 0.6) is 0 Å². The van der Waals surface area contributed by atoms with Crippen LogP contribution < -0.4 is 5.32 Å². The molecule has 1 aliphatic rings. The molecule has 28 heavy (non-hydrogen) atoms. The second kappa shape index (κ2) is 7.67. The number of nitrogens with zero attached hydrogens (tertiary/aromatic N) is 3. The van der Waals surface area contributed by atoms with E-state index in [2.05, 4.69) is 52.5 Å². The van der Waals surface area contributed by atoms with Crippen LogP contribution in [0.25, 0.3) is 11.5 Å². The summed E-state index contributed by atoms with van der Waals surface area (Å²) >= 11 is 0. The molecule has 2 aromatic carbocycles. The predicted molar refractivity (Wildman–Crippen MR) is 103 cm³/mol. The number of alkyl halides is 2. The second-order valence-corrected chi connectivity index (χ2v) is 7.28. The molecule has 7 heteroatoms. The zero-order chi connectivity index (χ0) is 19.7. The van der Waals surface area contributed by atoms with Gasteiger partial charge in [-0.25, -0.2) is 0 Å². The molecule has 5 nitrogen and oxygen atoms in total. The summed E-state index contributed by atoms with van der Waals surface area (Å²) in [5.41, 5.74) is 5.55. The fourth-order valence-electron chi connectivity index (χ4n) is 3.30. The zero-order valence-electron chi connectivity index (χ0n) is 15.8. The van der Waals surface area contributed by atoms with E-state index in [-0.39, 0.29) is 5.89 Å². The number of hydrogen-bond acceptors (Lipinski definition) is 5. The van der Waals surface area contributed by atoms with Crippen molar-refractivity contribution in [2.24, 2.45) is 0 Å². The fraction of sp³-hybridized carbons (Fsp3) is 0.333. The smallest absolute Gasteiger partial charge is 0.314 e. The molecule has 0 spiro atoms. The molecule has 0 radical (unpaired) electrons. The minimum atomic E-state index is -2.76. The van der Waals surface area contributed by atoms with Crippen LogP contribution in [0.4, 0.5) is 14.5 Å². The first-order chi connectivity index (χ1) is 13.5. The number of nitrogens with one attached hydrogen (secondary N) is 1. The lowest BCUT2D eigenvalue weighted by Gasteiger charge is -2.18. The van der Waals surface area contributed by atoms with Gasteiger partial charge in [-0.05, 0) is 54.8 Å². The van der Waals surface area contributed by atoms with E-state index >= 15 is 0 Å². The van der Waals surface area contributed by atoms with E-state index in [0.29, 0.717) is 18.2 Å². The maximum atomic E-state index is 12.6. The van der Waals surface area contributed by atoms with E-state index in [1.165, 1.54) is 11.1 Å². The highest BCUT2D eigenvalue weighted by atomic mass is 19.3. The van der Waals surface area contributed by atoms with E-state index in [9.17, 15) is 8.78 Å². The first-order valence-electron chi connectivity index (χ1n) is 9.30. The molecule has 1 N–H and O–H groups in total. The van der Waals surface area contributed by atoms with E-state index < -0.39 is 12.3 Å². The largest absolute Gasteiger partial charge is 0.415 e. The first kappa shape index (κ1) is 18.6. The van der Waals surface area contributed by atoms with Gasteiger partial charge in [-0.2, -0.15) is 8.78 Å². The van der Waals surface area contributed by atoms with Crippen LogP contribution in [0.2, 0.25) is 0 Å². The molecule has 0 aliphatic carbocycles. The van der Waals surface area contributed by atoms with Crippen LogP contribution in [0.15, 0.2) is 46.9 Å². The Morgan fingerprint density at radius 1 is 1.04 bits per heavy atom. The second-order valence-electron chi connectivity index (χ2n) is 7.28. The summed E-state index contributed by atoms with van der Waals surface area (Å²) in [6.07, 6.45) is -2.76. The highest BCUT2D eigenvalue weighted by Crippen LogP contribution is 2.28. The molecule has 0 atom stereocenters. The van der Waals surface area contributed by atoms with Crippen LogP contribution >= 0.6 is 0 Å². The number of halogens is 2. The van der Waals surface area contributed by atoms with Gasteiger partial charge in [-0.15, -0.1) is 10.2 Å². The van der Waals surface area contributed by atoms with Crippen molar-refractivity contribution in [3.05, 3.63) is 65.0 Å². The van der Waals surface area contributed by atoms with E-state index in [1.54, 1.807) is 12.1 Å². The van der Waals surface area contributed by atoms with Crippen molar-refractivity contribution < 1.29 is 13.2 Å². The van der Waals surface area contributed by atoms with Crippen molar-refractivity contribution in [3.63, 3.8) is 0 Å². The normalized spacial score (nSPS) is 14.1. The predicted octanol–water partition coefficient (Wildman–Crippen LogP) is 5.01. The molecular weight excluding hydrogens is 362 g/mol. The van der Waals surface area contributed by atoms with Gasteiger partial charge >= 0.3 is 6.43 Å². The molecule has 4 rings (SSSR count). The Kier molecular flexibility index (Phi) is 5.09. The third kappa shape index (κ3) is 3.89. The van der Waals surface area contributed by atoms with Gasteiger partial charge in [-0.3, -0.25) is 4.90 Å². The molecule has 1 aliphatic heterocycles. The SMILES string of the molecule is CC(C)N1Cc2ccc(NCc3ccc(-c4nnc(C(F)F)o4)cc3)cc2C1. The van der Waals surface area contributed by atoms with Crippen molar-refractivity contribution in [2.45, 2.75) is 45.9 Å². The van der Waals surface area contributed by atoms with Crippen LogP contribution in [0.3, 0.4) is 0 Å². The zero-order valence-corrected chi connectivity index (χ0v) is 15.8. The standard InChI is InChI=1S/C21H22F2N4O/c1-13(2)27-11-16-7-8-18(9-17(16)12-27)24-10-14-3-5-15(6-4-14)20-25-26-21(28-20)19(22)23/h3-9,13,19,24H,10-12H2,1-2H3. The van der Waals surface area contributed by atoms with Gasteiger partial charge in [0.1, 0.15) is 0 Å². The lowest BCUT2D eigenvalue weighted by atomic mass is 10.1. The van der Waals surface area contributed by atoms with Gasteiger partial charge in [0, 0.05) is 36.9 Å². The molecular formula is C21H22F2N4O. The Labute approximate surface area is 162 Å². The maximum absolute atomic E-state index is 12.6. The topological polar surface area (TPSA) is 54.2 Å². The quantitative estimate of drug-likeness (QED) is 0.647. The first-order valence-corrected chi connectivity index (χ1v) is 9.30. The molecule has 0 saturated carbocycles. The van der Waals surface area contributed by atoms with Gasteiger partial charge in [-0.1, -0.05) is 18.2 Å². The molecule has 0 bridgehead atoms. The molecule has 0 fully saturated rings. The molecule has 2 heterocycles. The number of benzene rings is 2. The number of hydrogen-bond donors (Lipinski definition) is 1. The third-order valence-corrected chi connectivity index (χ3v) is 5.01. The summed E-state index contributed by atoms with van der Waals surface area (Å²) in [7, 11) is 0. The third-order valence-electron chi connectivity index (χ3n) is 5.01. The Bertz CT molecular complexity index is 953. The van der Waals surface area contributed by atoms with Crippen molar-refractivity contribution in [2.75, 3.05) is 5.32 Å². The van der Waals surface area contributed by atoms with Gasteiger partial charge in [0.15, 0.2) is 0 Å². The number of fused-ring (bicyclic) bond motifs is 1. The summed E-state index contributed by atoms with van der Waals surface area (Å²) in [5, 5.41) is 10.5. The summed E-state index contributed by atoms with van der Waals surface area (Å²) in [4.78, 5) is 2.45. The van der Waals surface area contributed by atoms with Crippen LogP contribution in [-0.4, -0.2) is 21.1 Å². The highest BCUT2D eigenvalue weighted by Gasteiger charge is 2.21. The van der Waals surface area contributed by atoms with E-state index in [1.807, 2.05) is 12.1 Å². The van der Waals surface area contributed by atoms with Crippen molar-refractivity contribution >= 4 is 5.69 Å². The van der Waals surface area contributed by atoms with Gasteiger partial charge < -0.3 is 9.73 Å². The average molecular weight is 384 g/mol. The number of rotatable bonds is 6. The summed E-state index contributed by atoms with van der Waals surface area (Å²) < 4.78 is 30.1. The molecule has 0 unspecified atom stereocenters. The molecule has 3 aromatic rings. The van der Waals surface area contributed by atoms with Gasteiger partial charge in [0.25, 0.3) is 5.89 Å². The Hall–Kier alpha value is -2.80. The van der Waals surface area contributed by atoms with Crippen molar-refractivity contribution in [3.8, 4) is 11.5 Å². The minimum absolute atomic E-state index is 0.100. The maximum Gasteiger partial charge on any atom is 0.314 e. The Balaban J connectivity index is 1.39. The lowest BCUT2D eigenvalue weighted by Crippen LogP contribution is -2.24. The molecule has 0 saturated heterocycles. The summed E-state index contributed by atoms with van der Waals surface area (Å²) in [6, 6.07) is 14.5.